The highest BCUT2D eigenvalue weighted by Crippen LogP contribution is 2.23. The first-order valence-electron chi connectivity index (χ1n) is 10.4. The van der Waals surface area contributed by atoms with Gasteiger partial charge in [0.05, 0.1) is 25.5 Å². The minimum absolute atomic E-state index is 0.173. The first-order chi connectivity index (χ1) is 15.6. The third-order valence-corrected chi connectivity index (χ3v) is 5.26. The van der Waals surface area contributed by atoms with Crippen LogP contribution in [0.1, 0.15) is 17.3 Å². The van der Waals surface area contributed by atoms with Crippen LogP contribution in [0.25, 0.3) is 11.4 Å². The van der Waals surface area contributed by atoms with Crippen LogP contribution in [0.2, 0.25) is 0 Å². The molecule has 32 heavy (non-hydrogen) atoms. The van der Waals surface area contributed by atoms with Crippen molar-refractivity contribution in [3.8, 4) is 11.4 Å². The van der Waals surface area contributed by atoms with E-state index in [1.165, 1.54) is 12.1 Å². The summed E-state index contributed by atoms with van der Waals surface area (Å²) in [5, 5.41) is 6.03. The molecule has 3 heterocycles. The van der Waals surface area contributed by atoms with Crippen LogP contribution in [-0.4, -0.2) is 59.1 Å². The Morgan fingerprint density at radius 1 is 1.12 bits per heavy atom. The Bertz CT molecular complexity index is 1040. The van der Waals surface area contributed by atoms with Crippen LogP contribution in [0, 0.1) is 5.82 Å². The molecule has 0 radical (unpaired) electrons. The Kier molecular flexibility index (Phi) is 6.98. The number of nitrogens with one attached hydrogen (secondary N) is 2. The zero-order valence-electron chi connectivity index (χ0n) is 17.8. The average molecular weight is 436 g/mol. The third kappa shape index (κ3) is 5.24. The molecule has 9 heteroatoms. The van der Waals surface area contributed by atoms with E-state index in [0.717, 1.165) is 11.1 Å². The van der Waals surface area contributed by atoms with Crippen molar-refractivity contribution in [3.05, 3.63) is 71.9 Å². The van der Waals surface area contributed by atoms with Gasteiger partial charge in [0.2, 0.25) is 5.91 Å². The molecule has 1 aromatic carbocycles. The van der Waals surface area contributed by atoms with Crippen molar-refractivity contribution in [3.63, 3.8) is 0 Å². The summed E-state index contributed by atoms with van der Waals surface area (Å²) >= 11 is 0. The van der Waals surface area contributed by atoms with E-state index in [9.17, 15) is 9.18 Å². The summed E-state index contributed by atoms with van der Waals surface area (Å²) in [6.07, 6.45) is 3.36. The van der Waals surface area contributed by atoms with E-state index in [1.807, 2.05) is 17.0 Å². The first kappa shape index (κ1) is 21.8. The molecule has 2 N–H and O–H groups in total. The van der Waals surface area contributed by atoms with E-state index < -0.39 is 6.04 Å². The fourth-order valence-corrected chi connectivity index (χ4v) is 3.63. The molecular weight excluding hydrogens is 411 g/mol. The van der Waals surface area contributed by atoms with Gasteiger partial charge in [0.1, 0.15) is 17.7 Å². The number of carbonyl (C=O) groups is 1. The number of benzene rings is 1. The van der Waals surface area contributed by atoms with Crippen molar-refractivity contribution in [2.45, 2.75) is 12.6 Å². The van der Waals surface area contributed by atoms with Crippen LogP contribution < -0.4 is 10.6 Å². The van der Waals surface area contributed by atoms with E-state index in [0.29, 0.717) is 43.6 Å². The van der Waals surface area contributed by atoms with Gasteiger partial charge in [0.25, 0.3) is 0 Å². The lowest BCUT2D eigenvalue weighted by Crippen LogP contribution is -2.45. The van der Waals surface area contributed by atoms with Crippen LogP contribution in [0.5, 0.6) is 0 Å². The molecule has 166 valence electrons. The lowest BCUT2D eigenvalue weighted by molar-refractivity contribution is -0.128. The highest BCUT2D eigenvalue weighted by molar-refractivity contribution is 5.83. The summed E-state index contributed by atoms with van der Waals surface area (Å²) in [5.74, 6) is 0.693. The molecule has 8 nitrogen and oxygen atoms in total. The lowest BCUT2D eigenvalue weighted by atomic mass is 10.0. The Hall–Kier alpha value is -3.43. The van der Waals surface area contributed by atoms with Gasteiger partial charge in [0.15, 0.2) is 5.82 Å². The molecule has 1 amide bonds. The molecule has 1 atom stereocenters. The molecule has 3 aromatic rings. The summed E-state index contributed by atoms with van der Waals surface area (Å²) in [5.41, 5.74) is 2.24. The quantitative estimate of drug-likeness (QED) is 0.588. The van der Waals surface area contributed by atoms with Gasteiger partial charge in [-0.15, -0.1) is 0 Å². The predicted octanol–water partition coefficient (Wildman–Crippen LogP) is 2.41. The summed E-state index contributed by atoms with van der Waals surface area (Å²) in [6.45, 7) is 2.59. The smallest absolute Gasteiger partial charge is 0.242 e. The van der Waals surface area contributed by atoms with Crippen LogP contribution >= 0.6 is 0 Å². The number of pyridine rings is 1. The summed E-state index contributed by atoms with van der Waals surface area (Å²) in [4.78, 5) is 28.4. The second-order valence-corrected chi connectivity index (χ2v) is 7.37. The van der Waals surface area contributed by atoms with E-state index >= 15 is 0 Å². The molecule has 1 aliphatic heterocycles. The monoisotopic (exact) mass is 436 g/mol. The van der Waals surface area contributed by atoms with Crippen molar-refractivity contribution in [2.24, 2.45) is 0 Å². The minimum Gasteiger partial charge on any atom is -0.379 e. The number of anilines is 1. The molecular formula is C23H25FN6O2. The van der Waals surface area contributed by atoms with E-state index in [-0.39, 0.29) is 18.3 Å². The average Bonchev–Trinajstić information content (AvgIpc) is 2.85. The van der Waals surface area contributed by atoms with Crippen molar-refractivity contribution in [1.82, 2.24) is 25.2 Å². The van der Waals surface area contributed by atoms with Gasteiger partial charge in [-0.1, -0.05) is 12.1 Å². The maximum absolute atomic E-state index is 13.5. The molecule has 0 aliphatic carbocycles. The molecule has 0 unspecified atom stereocenters. The van der Waals surface area contributed by atoms with Gasteiger partial charge >= 0.3 is 0 Å². The predicted molar refractivity (Wildman–Crippen MR) is 118 cm³/mol. The van der Waals surface area contributed by atoms with Gasteiger partial charge in [-0.25, -0.2) is 14.4 Å². The molecule has 0 bridgehead atoms. The van der Waals surface area contributed by atoms with E-state index in [4.69, 9.17) is 4.74 Å². The molecule has 2 aromatic heterocycles. The third-order valence-electron chi connectivity index (χ3n) is 5.26. The largest absolute Gasteiger partial charge is 0.379 e. The molecule has 1 saturated heterocycles. The van der Waals surface area contributed by atoms with Gasteiger partial charge in [-0.2, -0.15) is 0 Å². The highest BCUT2D eigenvalue weighted by atomic mass is 19.1. The fourth-order valence-electron chi connectivity index (χ4n) is 3.63. The standard InChI is InChI=1S/C23H25FN6O2/c1-25-20-14-19(28-22(29-20)17-6-8-26-9-7-17)15-27-23(31)21(30-10-12-32-13-11-30)16-2-4-18(24)5-3-16/h2-9,14,21H,10-13,15H2,1H3,(H,27,31)(H,25,28,29)/t21-/m1/s1. The van der Waals surface area contributed by atoms with Gasteiger partial charge < -0.3 is 15.4 Å². The summed E-state index contributed by atoms with van der Waals surface area (Å²) in [6, 6.07) is 11.0. The second-order valence-electron chi connectivity index (χ2n) is 7.37. The van der Waals surface area contributed by atoms with Crippen LogP contribution in [0.15, 0.2) is 54.9 Å². The van der Waals surface area contributed by atoms with Crippen molar-refractivity contribution < 1.29 is 13.9 Å². The van der Waals surface area contributed by atoms with Crippen LogP contribution in [-0.2, 0) is 16.1 Å². The molecule has 0 spiro atoms. The number of amides is 1. The molecule has 1 fully saturated rings. The number of nitrogens with zero attached hydrogens (tertiary/aromatic N) is 4. The lowest BCUT2D eigenvalue weighted by Gasteiger charge is -2.33. The fraction of sp³-hybridized carbons (Fsp3) is 0.304. The Labute approximate surface area is 185 Å². The number of hydrogen-bond acceptors (Lipinski definition) is 7. The topological polar surface area (TPSA) is 92.3 Å². The molecule has 1 aliphatic rings. The number of rotatable bonds is 7. The number of carbonyl (C=O) groups excluding carboxylic acids is 1. The SMILES string of the molecule is CNc1cc(CNC(=O)[C@@H](c2ccc(F)cc2)N2CCOCC2)nc(-c2ccncc2)n1. The highest BCUT2D eigenvalue weighted by Gasteiger charge is 2.29. The van der Waals surface area contributed by atoms with E-state index in [1.54, 1.807) is 37.6 Å². The normalized spacial score (nSPS) is 15.2. The number of morpholine rings is 1. The zero-order valence-corrected chi connectivity index (χ0v) is 17.8. The Morgan fingerprint density at radius 3 is 2.53 bits per heavy atom. The number of halogens is 1. The minimum atomic E-state index is -0.537. The number of aromatic nitrogens is 3. The Morgan fingerprint density at radius 2 is 1.84 bits per heavy atom. The number of hydrogen-bond donors (Lipinski definition) is 2. The maximum atomic E-state index is 13.5. The number of ether oxygens (including phenoxy) is 1. The molecule has 4 rings (SSSR count). The van der Waals surface area contributed by atoms with Crippen LogP contribution in [0.4, 0.5) is 10.2 Å². The summed E-state index contributed by atoms with van der Waals surface area (Å²) < 4.78 is 18.9. The van der Waals surface area contributed by atoms with E-state index in [2.05, 4.69) is 25.6 Å². The van der Waals surface area contributed by atoms with Crippen molar-refractivity contribution in [1.29, 1.82) is 0 Å². The van der Waals surface area contributed by atoms with Crippen molar-refractivity contribution in [2.75, 3.05) is 38.7 Å². The summed E-state index contributed by atoms with van der Waals surface area (Å²) in [7, 11) is 1.78. The zero-order chi connectivity index (χ0) is 22.3. The second kappa shape index (κ2) is 10.3. The maximum Gasteiger partial charge on any atom is 0.242 e. The van der Waals surface area contributed by atoms with Crippen molar-refractivity contribution >= 4 is 11.7 Å². The van der Waals surface area contributed by atoms with Gasteiger partial charge in [0, 0.05) is 44.2 Å². The molecule has 0 saturated carbocycles. The van der Waals surface area contributed by atoms with Gasteiger partial charge in [-0.05, 0) is 29.8 Å². The first-order valence-corrected chi connectivity index (χ1v) is 10.4. The van der Waals surface area contributed by atoms with Crippen LogP contribution in [0.3, 0.4) is 0 Å². The Balaban J connectivity index is 1.54. The van der Waals surface area contributed by atoms with Gasteiger partial charge in [-0.3, -0.25) is 14.7 Å².